The van der Waals surface area contributed by atoms with Crippen molar-refractivity contribution in [2.24, 2.45) is 23.5 Å². The number of hydrogen-bond donors (Lipinski definition) is 1. The summed E-state index contributed by atoms with van der Waals surface area (Å²) in [5.74, 6) is 1.11. The van der Waals surface area contributed by atoms with Gasteiger partial charge in [-0.1, -0.05) is 6.92 Å². The first kappa shape index (κ1) is 14.0. The van der Waals surface area contributed by atoms with Crippen LogP contribution in [0.15, 0.2) is 0 Å². The van der Waals surface area contributed by atoms with Gasteiger partial charge in [-0.05, 0) is 37.5 Å². The van der Waals surface area contributed by atoms with Gasteiger partial charge in [0, 0.05) is 24.1 Å². The Morgan fingerprint density at radius 2 is 1.89 bits per heavy atom. The van der Waals surface area contributed by atoms with Gasteiger partial charge in [0.25, 0.3) is 0 Å². The lowest BCUT2D eigenvalue weighted by molar-refractivity contribution is -0.124. The Morgan fingerprint density at radius 3 is 2.44 bits per heavy atom. The third-order valence-corrected chi connectivity index (χ3v) is 6.38. The molecule has 4 unspecified atom stereocenters. The van der Waals surface area contributed by atoms with Crippen LogP contribution in [0.2, 0.25) is 0 Å². The van der Waals surface area contributed by atoms with E-state index in [0.29, 0.717) is 18.3 Å². The summed E-state index contributed by atoms with van der Waals surface area (Å²) in [5.41, 5.74) is 6.09. The second-order valence-electron chi connectivity index (χ2n) is 5.80. The Labute approximate surface area is 109 Å². The molecular formula is C13H23NO3S. The van der Waals surface area contributed by atoms with Gasteiger partial charge in [0.15, 0.2) is 9.84 Å². The van der Waals surface area contributed by atoms with Gasteiger partial charge in [0.2, 0.25) is 0 Å². The molecule has 0 aliphatic heterocycles. The molecular weight excluding hydrogens is 250 g/mol. The van der Waals surface area contributed by atoms with Gasteiger partial charge in [-0.15, -0.1) is 0 Å². The van der Waals surface area contributed by atoms with E-state index in [4.69, 9.17) is 5.73 Å². The van der Waals surface area contributed by atoms with E-state index in [1.165, 1.54) is 0 Å². The van der Waals surface area contributed by atoms with E-state index in [1.807, 2.05) is 6.92 Å². The van der Waals surface area contributed by atoms with Crippen molar-refractivity contribution in [2.75, 3.05) is 11.5 Å². The molecule has 0 saturated heterocycles. The van der Waals surface area contributed by atoms with E-state index in [1.54, 1.807) is 0 Å². The minimum absolute atomic E-state index is 0.000278. The van der Waals surface area contributed by atoms with Gasteiger partial charge in [-0.25, -0.2) is 8.42 Å². The number of fused-ring (bicyclic) bond motifs is 2. The second-order valence-corrected chi connectivity index (χ2v) is 8.11. The molecule has 0 radical (unpaired) electrons. The summed E-state index contributed by atoms with van der Waals surface area (Å²) in [6.07, 6.45) is 4.08. The van der Waals surface area contributed by atoms with Crippen molar-refractivity contribution >= 4 is 15.6 Å². The number of nitrogens with two attached hydrogens (primary N) is 1. The fourth-order valence-electron chi connectivity index (χ4n) is 3.65. The molecule has 2 aliphatic carbocycles. The number of hydrogen-bond acceptors (Lipinski definition) is 4. The van der Waals surface area contributed by atoms with Gasteiger partial charge in [-0.3, -0.25) is 4.79 Å². The van der Waals surface area contributed by atoms with Gasteiger partial charge in [-0.2, -0.15) is 0 Å². The zero-order chi connectivity index (χ0) is 13.3. The average Bonchev–Trinajstić information content (AvgIpc) is 2.86. The molecule has 2 aliphatic rings. The monoisotopic (exact) mass is 273 g/mol. The molecule has 0 heterocycles. The van der Waals surface area contributed by atoms with Gasteiger partial charge in [0.1, 0.15) is 5.78 Å². The van der Waals surface area contributed by atoms with E-state index in [9.17, 15) is 13.2 Å². The van der Waals surface area contributed by atoms with E-state index >= 15 is 0 Å². The largest absolute Gasteiger partial charge is 0.327 e. The van der Waals surface area contributed by atoms with Crippen LogP contribution in [0.5, 0.6) is 0 Å². The van der Waals surface area contributed by atoms with Crippen LogP contribution in [0.25, 0.3) is 0 Å². The van der Waals surface area contributed by atoms with Crippen LogP contribution in [-0.2, 0) is 14.6 Å². The van der Waals surface area contributed by atoms with Crippen molar-refractivity contribution in [2.45, 2.75) is 45.1 Å². The maximum absolute atomic E-state index is 12.2. The molecule has 2 fully saturated rings. The molecule has 2 saturated carbocycles. The third kappa shape index (κ3) is 2.77. The Kier molecular flexibility index (Phi) is 4.11. The lowest BCUT2D eigenvalue weighted by atomic mass is 9.81. The molecule has 0 spiro atoms. The van der Waals surface area contributed by atoms with Crippen molar-refractivity contribution in [3.63, 3.8) is 0 Å². The average molecular weight is 273 g/mol. The lowest BCUT2D eigenvalue weighted by Crippen LogP contribution is -2.40. The van der Waals surface area contributed by atoms with Crippen molar-refractivity contribution < 1.29 is 13.2 Å². The van der Waals surface area contributed by atoms with Crippen LogP contribution in [0.3, 0.4) is 0 Å². The quantitative estimate of drug-likeness (QED) is 0.787. The highest BCUT2D eigenvalue weighted by atomic mass is 32.2. The summed E-state index contributed by atoms with van der Waals surface area (Å²) in [5, 5.41) is 0. The topological polar surface area (TPSA) is 77.2 Å². The molecule has 18 heavy (non-hydrogen) atoms. The van der Waals surface area contributed by atoms with Crippen LogP contribution < -0.4 is 5.73 Å². The smallest absolute Gasteiger partial charge is 0.150 e. The lowest BCUT2D eigenvalue weighted by Gasteiger charge is -2.26. The Bertz CT molecular complexity index is 416. The number of carbonyl (C=O) groups excluding carboxylic acids is 1. The Balaban J connectivity index is 1.89. The van der Waals surface area contributed by atoms with E-state index in [2.05, 4.69) is 0 Å². The Morgan fingerprint density at radius 1 is 1.22 bits per heavy atom. The van der Waals surface area contributed by atoms with E-state index in [-0.39, 0.29) is 35.7 Å². The van der Waals surface area contributed by atoms with Crippen LogP contribution in [-0.4, -0.2) is 31.7 Å². The number of rotatable bonds is 6. The molecule has 0 aromatic rings. The van der Waals surface area contributed by atoms with Gasteiger partial charge < -0.3 is 5.73 Å². The van der Waals surface area contributed by atoms with Gasteiger partial charge in [0.05, 0.1) is 5.75 Å². The van der Waals surface area contributed by atoms with Crippen molar-refractivity contribution in [1.82, 2.24) is 0 Å². The summed E-state index contributed by atoms with van der Waals surface area (Å²) < 4.78 is 23.2. The zero-order valence-electron chi connectivity index (χ0n) is 11.0. The van der Waals surface area contributed by atoms with E-state index < -0.39 is 9.84 Å². The molecule has 0 aromatic carbocycles. The Hall–Kier alpha value is -0.420. The molecule has 4 nitrogen and oxygen atoms in total. The third-order valence-electron chi connectivity index (χ3n) is 4.53. The van der Waals surface area contributed by atoms with Crippen LogP contribution in [0.1, 0.15) is 39.0 Å². The van der Waals surface area contributed by atoms with Crippen molar-refractivity contribution in [3.8, 4) is 0 Å². The van der Waals surface area contributed by atoms with Gasteiger partial charge >= 0.3 is 0 Å². The highest BCUT2D eigenvalue weighted by Crippen LogP contribution is 2.48. The van der Waals surface area contributed by atoms with E-state index in [0.717, 1.165) is 19.3 Å². The van der Waals surface area contributed by atoms with Crippen LogP contribution in [0, 0.1) is 17.8 Å². The molecule has 2 bridgehead atoms. The molecule has 5 heteroatoms. The van der Waals surface area contributed by atoms with Crippen molar-refractivity contribution in [1.29, 1.82) is 0 Å². The predicted molar refractivity (Wildman–Crippen MR) is 70.9 cm³/mol. The fraction of sp³-hybridized carbons (Fsp3) is 0.923. The number of carbonyl (C=O) groups is 1. The standard InChI is InChI=1S/C13H23NO3S/c1-2-6-18(16,17)7-5-11(15)12-9-3-4-10(8-9)13(12)14/h9-10,12-13H,2-8,14H2,1H3. The van der Waals surface area contributed by atoms with Crippen LogP contribution >= 0.6 is 0 Å². The summed E-state index contributed by atoms with van der Waals surface area (Å²) >= 11 is 0. The van der Waals surface area contributed by atoms with Crippen LogP contribution in [0.4, 0.5) is 0 Å². The summed E-state index contributed by atoms with van der Waals surface area (Å²) in [6.45, 7) is 1.84. The molecule has 0 amide bonds. The molecule has 0 aromatic heterocycles. The first-order valence-corrected chi connectivity index (χ1v) is 8.75. The molecule has 4 atom stereocenters. The second kappa shape index (κ2) is 5.29. The zero-order valence-corrected chi connectivity index (χ0v) is 11.8. The summed E-state index contributed by atoms with van der Waals surface area (Å²) in [7, 11) is -3.05. The molecule has 2 rings (SSSR count). The molecule has 2 N–H and O–H groups in total. The van der Waals surface area contributed by atoms with Crippen molar-refractivity contribution in [3.05, 3.63) is 0 Å². The highest BCUT2D eigenvalue weighted by molar-refractivity contribution is 7.91. The summed E-state index contributed by atoms with van der Waals surface area (Å²) in [4.78, 5) is 12.2. The first-order chi connectivity index (χ1) is 8.44. The summed E-state index contributed by atoms with van der Waals surface area (Å²) in [6, 6.07) is -0.0230. The SMILES string of the molecule is CCCS(=O)(=O)CCC(=O)C1C2CCC(C2)C1N. The number of ketones is 1. The first-order valence-electron chi connectivity index (χ1n) is 6.93. The fourth-order valence-corrected chi connectivity index (χ4v) is 4.99. The minimum atomic E-state index is -3.05. The maximum atomic E-state index is 12.2. The normalized spacial score (nSPS) is 35.0. The maximum Gasteiger partial charge on any atom is 0.150 e. The minimum Gasteiger partial charge on any atom is -0.327 e. The number of sulfone groups is 1. The number of Topliss-reactive ketones (excluding diaryl/α,β-unsaturated/α-hetero) is 1. The molecule has 104 valence electrons. The highest BCUT2D eigenvalue weighted by Gasteiger charge is 2.48. The predicted octanol–water partition coefficient (Wildman–Crippen LogP) is 1.14.